The molecule has 4 rings (SSSR count). The predicted molar refractivity (Wildman–Crippen MR) is 107 cm³/mol. The molecule has 28 heavy (non-hydrogen) atoms. The second kappa shape index (κ2) is 7.09. The molecule has 0 saturated carbocycles. The summed E-state index contributed by atoms with van der Waals surface area (Å²) in [5.74, 6) is -0.254. The fourth-order valence-corrected chi connectivity index (χ4v) is 3.83. The zero-order valence-electron chi connectivity index (χ0n) is 16.9. The molecule has 1 aliphatic rings. The standard InChI is InChI=1S/C22H27N3O3/c1-22(2,3)19-13-20(25(24(19)4)14-17-6-5-10-27-17)23-21(26)16-7-8-18-15(12-16)9-11-28-18/h7-9,11-13,17H,5-6,10,14H2,1-4H3/b23-20+/t17-/m1/s1. The van der Waals surface area contributed by atoms with Gasteiger partial charge in [-0.05, 0) is 37.1 Å². The number of fused-ring (bicyclic) bond motifs is 1. The number of aromatic nitrogens is 2. The average Bonchev–Trinajstić information content (AvgIpc) is 3.37. The third-order valence-electron chi connectivity index (χ3n) is 5.33. The van der Waals surface area contributed by atoms with E-state index in [2.05, 4.69) is 35.1 Å². The van der Waals surface area contributed by atoms with E-state index in [1.54, 1.807) is 12.3 Å². The largest absolute Gasteiger partial charge is 0.464 e. The minimum absolute atomic E-state index is 0.0560. The zero-order chi connectivity index (χ0) is 19.9. The number of ether oxygens (including phenoxy) is 1. The summed E-state index contributed by atoms with van der Waals surface area (Å²) < 4.78 is 15.3. The first-order valence-electron chi connectivity index (χ1n) is 9.78. The van der Waals surface area contributed by atoms with Crippen LogP contribution in [-0.2, 0) is 23.7 Å². The molecule has 0 bridgehead atoms. The van der Waals surface area contributed by atoms with E-state index < -0.39 is 0 Å². The molecule has 0 radical (unpaired) electrons. The maximum absolute atomic E-state index is 12.9. The molecule has 0 aliphatic carbocycles. The van der Waals surface area contributed by atoms with Crippen molar-refractivity contribution in [3.05, 3.63) is 53.3 Å². The Morgan fingerprint density at radius 2 is 2.07 bits per heavy atom. The third-order valence-corrected chi connectivity index (χ3v) is 5.33. The Morgan fingerprint density at radius 1 is 1.25 bits per heavy atom. The number of rotatable bonds is 3. The van der Waals surface area contributed by atoms with Crippen LogP contribution in [0.5, 0.6) is 0 Å². The van der Waals surface area contributed by atoms with Crippen LogP contribution >= 0.6 is 0 Å². The van der Waals surface area contributed by atoms with Crippen molar-refractivity contribution in [2.24, 2.45) is 12.0 Å². The summed E-state index contributed by atoms with van der Waals surface area (Å²) in [6.45, 7) is 7.99. The molecule has 1 aromatic carbocycles. The molecule has 6 heteroatoms. The lowest BCUT2D eigenvalue weighted by Gasteiger charge is -2.21. The van der Waals surface area contributed by atoms with E-state index in [4.69, 9.17) is 9.15 Å². The van der Waals surface area contributed by atoms with Gasteiger partial charge in [-0.25, -0.2) is 0 Å². The van der Waals surface area contributed by atoms with Gasteiger partial charge >= 0.3 is 0 Å². The SMILES string of the molecule is Cn1c(C(C)(C)C)c/c(=N\C(=O)c2ccc3occc3c2)n1C[C@H]1CCCO1. The summed E-state index contributed by atoms with van der Waals surface area (Å²) in [6.07, 6.45) is 3.90. The van der Waals surface area contributed by atoms with Crippen LogP contribution in [0.1, 0.15) is 49.7 Å². The molecule has 0 spiro atoms. The average molecular weight is 381 g/mol. The van der Waals surface area contributed by atoms with Gasteiger partial charge in [0.15, 0.2) is 5.49 Å². The maximum Gasteiger partial charge on any atom is 0.279 e. The van der Waals surface area contributed by atoms with Gasteiger partial charge in [0.25, 0.3) is 5.91 Å². The molecule has 1 fully saturated rings. The first kappa shape index (κ1) is 18.7. The molecule has 1 atom stereocenters. The van der Waals surface area contributed by atoms with E-state index in [1.165, 1.54) is 0 Å². The molecule has 0 unspecified atom stereocenters. The summed E-state index contributed by atoms with van der Waals surface area (Å²) in [7, 11) is 2.02. The summed E-state index contributed by atoms with van der Waals surface area (Å²) in [6, 6.07) is 9.26. The summed E-state index contributed by atoms with van der Waals surface area (Å²) >= 11 is 0. The lowest BCUT2D eigenvalue weighted by atomic mass is 9.92. The van der Waals surface area contributed by atoms with Crippen LogP contribution in [0.4, 0.5) is 0 Å². The van der Waals surface area contributed by atoms with Crippen LogP contribution in [-0.4, -0.2) is 28.0 Å². The number of nitrogens with zero attached hydrogens (tertiary/aromatic N) is 3. The quantitative estimate of drug-likeness (QED) is 0.693. The van der Waals surface area contributed by atoms with Crippen LogP contribution in [0.2, 0.25) is 0 Å². The highest BCUT2D eigenvalue weighted by molar-refractivity contribution is 5.98. The normalized spacial score (nSPS) is 18.3. The number of amides is 1. The maximum atomic E-state index is 12.9. The van der Waals surface area contributed by atoms with Crippen molar-refractivity contribution in [1.82, 2.24) is 9.36 Å². The Labute approximate surface area is 164 Å². The number of hydrogen-bond donors (Lipinski definition) is 0. The minimum Gasteiger partial charge on any atom is -0.464 e. The van der Waals surface area contributed by atoms with Crippen molar-refractivity contribution in [3.8, 4) is 0 Å². The van der Waals surface area contributed by atoms with Crippen molar-refractivity contribution < 1.29 is 13.9 Å². The van der Waals surface area contributed by atoms with Crippen LogP contribution < -0.4 is 5.49 Å². The lowest BCUT2D eigenvalue weighted by Crippen LogP contribution is -2.30. The number of hydrogen-bond acceptors (Lipinski definition) is 3. The lowest BCUT2D eigenvalue weighted by molar-refractivity contribution is 0.0885. The second-order valence-electron chi connectivity index (χ2n) is 8.47. The molecule has 0 N–H and O–H groups in total. The van der Waals surface area contributed by atoms with Gasteiger partial charge in [-0.1, -0.05) is 20.8 Å². The number of benzene rings is 1. The van der Waals surface area contributed by atoms with Gasteiger partial charge < -0.3 is 9.15 Å². The Hall–Kier alpha value is -2.60. The highest BCUT2D eigenvalue weighted by Gasteiger charge is 2.23. The highest BCUT2D eigenvalue weighted by Crippen LogP contribution is 2.22. The van der Waals surface area contributed by atoms with Crippen molar-refractivity contribution >= 4 is 16.9 Å². The Bertz CT molecular complexity index is 1070. The van der Waals surface area contributed by atoms with Gasteiger partial charge in [0.05, 0.1) is 18.9 Å². The highest BCUT2D eigenvalue weighted by atomic mass is 16.5. The molecule has 1 amide bonds. The summed E-state index contributed by atoms with van der Waals surface area (Å²) in [4.78, 5) is 17.4. The molecule has 6 nitrogen and oxygen atoms in total. The molecule has 1 saturated heterocycles. The Morgan fingerprint density at radius 3 is 2.79 bits per heavy atom. The molecular weight excluding hydrogens is 354 g/mol. The first-order chi connectivity index (χ1) is 13.3. The minimum atomic E-state index is -0.254. The van der Waals surface area contributed by atoms with Crippen molar-refractivity contribution in [2.45, 2.75) is 51.7 Å². The van der Waals surface area contributed by atoms with E-state index in [0.29, 0.717) is 17.6 Å². The monoisotopic (exact) mass is 381 g/mol. The van der Waals surface area contributed by atoms with Gasteiger partial charge in [-0.2, -0.15) is 4.99 Å². The van der Waals surface area contributed by atoms with Crippen LogP contribution in [0.15, 0.2) is 46.0 Å². The number of carbonyl (C=O) groups is 1. The fraction of sp³-hybridized carbons (Fsp3) is 0.455. The Kier molecular flexibility index (Phi) is 4.75. The smallest absolute Gasteiger partial charge is 0.279 e. The molecule has 3 heterocycles. The summed E-state index contributed by atoms with van der Waals surface area (Å²) in [5, 5.41) is 0.900. The van der Waals surface area contributed by atoms with Gasteiger partial charge in [-0.3, -0.25) is 14.2 Å². The Balaban J connectivity index is 1.76. The number of furan rings is 1. The van der Waals surface area contributed by atoms with Crippen molar-refractivity contribution in [1.29, 1.82) is 0 Å². The molecular formula is C22H27N3O3. The predicted octanol–water partition coefficient (Wildman–Crippen LogP) is 3.79. The zero-order valence-corrected chi connectivity index (χ0v) is 16.9. The molecule has 1 aliphatic heterocycles. The first-order valence-corrected chi connectivity index (χ1v) is 9.78. The van der Waals surface area contributed by atoms with E-state index in [1.807, 2.05) is 31.3 Å². The van der Waals surface area contributed by atoms with Crippen LogP contribution in [0, 0.1) is 0 Å². The van der Waals surface area contributed by atoms with E-state index in [9.17, 15) is 4.79 Å². The van der Waals surface area contributed by atoms with Gasteiger partial charge in [0.2, 0.25) is 0 Å². The fourth-order valence-electron chi connectivity index (χ4n) is 3.83. The topological polar surface area (TPSA) is 61.7 Å². The molecule has 148 valence electrons. The summed E-state index contributed by atoms with van der Waals surface area (Å²) in [5.41, 5.74) is 3.06. The van der Waals surface area contributed by atoms with Crippen LogP contribution in [0.3, 0.4) is 0 Å². The van der Waals surface area contributed by atoms with Gasteiger partial charge in [0.1, 0.15) is 5.58 Å². The second-order valence-corrected chi connectivity index (χ2v) is 8.47. The molecule has 3 aromatic rings. The van der Waals surface area contributed by atoms with Crippen molar-refractivity contribution in [2.75, 3.05) is 6.61 Å². The van der Waals surface area contributed by atoms with Crippen molar-refractivity contribution in [3.63, 3.8) is 0 Å². The van der Waals surface area contributed by atoms with E-state index in [-0.39, 0.29) is 17.4 Å². The number of carbonyl (C=O) groups excluding carboxylic acids is 1. The van der Waals surface area contributed by atoms with Crippen LogP contribution in [0.25, 0.3) is 11.0 Å². The van der Waals surface area contributed by atoms with Gasteiger partial charge in [0, 0.05) is 41.8 Å². The van der Waals surface area contributed by atoms with E-state index >= 15 is 0 Å². The third kappa shape index (κ3) is 3.56. The van der Waals surface area contributed by atoms with Gasteiger partial charge in [-0.15, -0.1) is 0 Å². The molecule has 2 aromatic heterocycles. The van der Waals surface area contributed by atoms with E-state index in [0.717, 1.165) is 36.1 Å².